The number of rotatable bonds is 14. The monoisotopic (exact) mass is 314 g/mol. The molecule has 0 bridgehead atoms. The number of carbonyl (C=O) groups excluding carboxylic acids is 1. The third kappa shape index (κ3) is 11.9. The molecule has 0 saturated heterocycles. The van der Waals surface area contributed by atoms with Crippen LogP contribution in [-0.2, 0) is 9.47 Å². The standard InChI is InChI=1S/C19H38O3/c1-5-9-11-13-15-17(7-3)21-19(20)22-18(8-4)16-14-12-10-6-2/h17-18H,5-16H2,1-4H3. The highest BCUT2D eigenvalue weighted by atomic mass is 16.7. The fourth-order valence-corrected chi connectivity index (χ4v) is 2.59. The Morgan fingerprint density at radius 1 is 0.682 bits per heavy atom. The number of carbonyl (C=O) groups is 1. The molecule has 2 atom stereocenters. The third-order valence-corrected chi connectivity index (χ3v) is 4.20. The largest absolute Gasteiger partial charge is 0.508 e. The Balaban J connectivity index is 3.93. The van der Waals surface area contributed by atoms with Crippen molar-refractivity contribution in [2.24, 2.45) is 0 Å². The summed E-state index contributed by atoms with van der Waals surface area (Å²) in [7, 11) is 0. The van der Waals surface area contributed by atoms with Crippen LogP contribution < -0.4 is 0 Å². The van der Waals surface area contributed by atoms with Crippen LogP contribution in [0, 0.1) is 0 Å². The zero-order chi connectivity index (χ0) is 16.6. The van der Waals surface area contributed by atoms with Crippen LogP contribution in [0.25, 0.3) is 0 Å². The SMILES string of the molecule is CCCCCCC(CC)OC(=O)OC(CC)CCCCCC. The molecule has 0 aliphatic heterocycles. The van der Waals surface area contributed by atoms with Gasteiger partial charge in [0.25, 0.3) is 0 Å². The molecule has 0 radical (unpaired) electrons. The molecular weight excluding hydrogens is 276 g/mol. The van der Waals surface area contributed by atoms with Gasteiger partial charge in [-0.2, -0.15) is 0 Å². The molecule has 0 aromatic heterocycles. The molecular formula is C19H38O3. The lowest BCUT2D eigenvalue weighted by Crippen LogP contribution is -2.23. The van der Waals surface area contributed by atoms with E-state index in [0.29, 0.717) is 0 Å². The topological polar surface area (TPSA) is 35.5 Å². The van der Waals surface area contributed by atoms with Gasteiger partial charge in [-0.05, 0) is 38.5 Å². The van der Waals surface area contributed by atoms with Crippen LogP contribution in [0.5, 0.6) is 0 Å². The van der Waals surface area contributed by atoms with Gasteiger partial charge in [-0.1, -0.05) is 66.2 Å². The summed E-state index contributed by atoms with van der Waals surface area (Å²) in [5.74, 6) is 0. The number of ether oxygens (including phenoxy) is 2. The van der Waals surface area contributed by atoms with Gasteiger partial charge in [0.2, 0.25) is 0 Å². The summed E-state index contributed by atoms with van der Waals surface area (Å²) in [4.78, 5) is 11.9. The summed E-state index contributed by atoms with van der Waals surface area (Å²) in [5.41, 5.74) is 0. The first-order valence-electron chi connectivity index (χ1n) is 9.55. The van der Waals surface area contributed by atoms with Crippen LogP contribution >= 0.6 is 0 Å². The van der Waals surface area contributed by atoms with Crippen LogP contribution in [0.2, 0.25) is 0 Å². The van der Waals surface area contributed by atoms with Crippen LogP contribution in [0.15, 0.2) is 0 Å². The second-order valence-electron chi connectivity index (χ2n) is 6.24. The van der Waals surface area contributed by atoms with E-state index in [9.17, 15) is 4.79 Å². The summed E-state index contributed by atoms with van der Waals surface area (Å²) >= 11 is 0. The summed E-state index contributed by atoms with van der Waals surface area (Å²) < 4.78 is 11.0. The van der Waals surface area contributed by atoms with E-state index in [-0.39, 0.29) is 12.2 Å². The van der Waals surface area contributed by atoms with Gasteiger partial charge in [-0.25, -0.2) is 4.79 Å². The molecule has 3 nitrogen and oxygen atoms in total. The molecule has 0 aliphatic carbocycles. The Morgan fingerprint density at radius 2 is 1.09 bits per heavy atom. The molecule has 0 aromatic carbocycles. The first-order valence-corrected chi connectivity index (χ1v) is 9.55. The van der Waals surface area contributed by atoms with Gasteiger partial charge in [-0.3, -0.25) is 0 Å². The minimum absolute atomic E-state index is 0.0157. The van der Waals surface area contributed by atoms with Crippen molar-refractivity contribution in [1.82, 2.24) is 0 Å². The van der Waals surface area contributed by atoms with Gasteiger partial charge in [0, 0.05) is 0 Å². The number of unbranched alkanes of at least 4 members (excludes halogenated alkanes) is 6. The maximum atomic E-state index is 11.9. The van der Waals surface area contributed by atoms with Gasteiger partial charge >= 0.3 is 6.16 Å². The zero-order valence-corrected chi connectivity index (χ0v) is 15.4. The molecule has 0 rings (SSSR count). The summed E-state index contributed by atoms with van der Waals surface area (Å²) in [5, 5.41) is 0. The van der Waals surface area contributed by atoms with Crippen molar-refractivity contribution < 1.29 is 14.3 Å². The minimum atomic E-state index is -0.468. The van der Waals surface area contributed by atoms with Crippen molar-refractivity contribution in [1.29, 1.82) is 0 Å². The van der Waals surface area contributed by atoms with Crippen LogP contribution in [0.3, 0.4) is 0 Å². The highest BCUT2D eigenvalue weighted by Gasteiger charge is 2.17. The van der Waals surface area contributed by atoms with E-state index >= 15 is 0 Å². The molecule has 0 aliphatic rings. The molecule has 0 amide bonds. The highest BCUT2D eigenvalue weighted by molar-refractivity contribution is 5.60. The van der Waals surface area contributed by atoms with Gasteiger partial charge in [0.05, 0.1) is 0 Å². The molecule has 132 valence electrons. The Hall–Kier alpha value is -0.730. The smallest absolute Gasteiger partial charge is 0.431 e. The van der Waals surface area contributed by atoms with Crippen LogP contribution in [-0.4, -0.2) is 18.4 Å². The average molecular weight is 315 g/mol. The van der Waals surface area contributed by atoms with Crippen molar-refractivity contribution in [3.05, 3.63) is 0 Å². The first-order chi connectivity index (χ1) is 10.7. The van der Waals surface area contributed by atoms with E-state index in [1.54, 1.807) is 0 Å². The predicted octanol–water partition coefficient (Wildman–Crippen LogP) is 6.64. The summed E-state index contributed by atoms with van der Waals surface area (Å²) in [6.07, 6.45) is 12.9. The van der Waals surface area contributed by atoms with Gasteiger partial charge in [0.15, 0.2) is 0 Å². The lowest BCUT2D eigenvalue weighted by atomic mass is 10.1. The maximum Gasteiger partial charge on any atom is 0.508 e. The number of hydrogen-bond donors (Lipinski definition) is 0. The fourth-order valence-electron chi connectivity index (χ4n) is 2.59. The Labute approximate surface area is 138 Å². The lowest BCUT2D eigenvalue weighted by molar-refractivity contribution is -0.00866. The molecule has 0 N–H and O–H groups in total. The Kier molecular flexibility index (Phi) is 14.7. The summed E-state index contributed by atoms with van der Waals surface area (Å²) in [6.45, 7) is 8.55. The second kappa shape index (κ2) is 15.2. The van der Waals surface area contributed by atoms with Crippen molar-refractivity contribution in [3.63, 3.8) is 0 Å². The molecule has 0 saturated carbocycles. The predicted molar refractivity (Wildman–Crippen MR) is 93.2 cm³/mol. The highest BCUT2D eigenvalue weighted by Crippen LogP contribution is 2.15. The molecule has 0 aromatic rings. The summed E-state index contributed by atoms with van der Waals surface area (Å²) in [6, 6.07) is 0. The Morgan fingerprint density at radius 3 is 1.41 bits per heavy atom. The van der Waals surface area contributed by atoms with Crippen molar-refractivity contribution in [2.45, 2.75) is 117 Å². The molecule has 22 heavy (non-hydrogen) atoms. The Bertz CT molecular complexity index is 229. The zero-order valence-electron chi connectivity index (χ0n) is 15.4. The molecule has 0 heterocycles. The fraction of sp³-hybridized carbons (Fsp3) is 0.947. The molecule has 2 unspecified atom stereocenters. The second-order valence-corrected chi connectivity index (χ2v) is 6.24. The molecule has 3 heteroatoms. The third-order valence-electron chi connectivity index (χ3n) is 4.20. The first kappa shape index (κ1) is 21.3. The van der Waals surface area contributed by atoms with Crippen molar-refractivity contribution >= 4 is 6.16 Å². The quantitative estimate of drug-likeness (QED) is 0.266. The van der Waals surface area contributed by atoms with E-state index in [2.05, 4.69) is 27.7 Å². The van der Waals surface area contributed by atoms with Crippen LogP contribution in [0.1, 0.15) is 105 Å². The minimum Gasteiger partial charge on any atom is -0.431 e. The van der Waals surface area contributed by atoms with Crippen LogP contribution in [0.4, 0.5) is 4.79 Å². The lowest BCUT2D eigenvalue weighted by Gasteiger charge is -2.20. The maximum absolute atomic E-state index is 11.9. The average Bonchev–Trinajstić information content (AvgIpc) is 2.53. The van der Waals surface area contributed by atoms with E-state index in [0.717, 1.165) is 38.5 Å². The van der Waals surface area contributed by atoms with E-state index in [1.807, 2.05) is 0 Å². The van der Waals surface area contributed by atoms with Gasteiger partial charge in [-0.15, -0.1) is 0 Å². The van der Waals surface area contributed by atoms with Gasteiger partial charge < -0.3 is 9.47 Å². The van der Waals surface area contributed by atoms with Crippen molar-refractivity contribution in [3.8, 4) is 0 Å². The van der Waals surface area contributed by atoms with E-state index < -0.39 is 6.16 Å². The molecule has 0 spiro atoms. The number of hydrogen-bond acceptors (Lipinski definition) is 3. The molecule has 0 fully saturated rings. The normalized spacial score (nSPS) is 13.6. The van der Waals surface area contributed by atoms with Gasteiger partial charge in [0.1, 0.15) is 12.2 Å². The van der Waals surface area contributed by atoms with Crippen molar-refractivity contribution in [2.75, 3.05) is 0 Å². The van der Waals surface area contributed by atoms with E-state index in [4.69, 9.17) is 9.47 Å². The van der Waals surface area contributed by atoms with E-state index in [1.165, 1.54) is 38.5 Å².